The minimum absolute atomic E-state index is 0.0381. The van der Waals surface area contributed by atoms with E-state index in [2.05, 4.69) is 4.90 Å². The number of benzene rings is 1. The van der Waals surface area contributed by atoms with E-state index in [0.717, 1.165) is 25.2 Å². The molecule has 108 valence electrons. The minimum atomic E-state index is -0.991. The largest absolute Gasteiger partial charge is 0.478 e. The van der Waals surface area contributed by atoms with Gasteiger partial charge in [-0.3, -0.25) is 4.79 Å². The SMILES string of the molecule is Cc1ccc(C(=O)O)cc1C(=O)CCN1CCCCC1. The van der Waals surface area contributed by atoms with Crippen molar-refractivity contribution in [1.29, 1.82) is 0 Å². The number of aromatic carboxylic acids is 1. The van der Waals surface area contributed by atoms with Crippen molar-refractivity contribution in [1.82, 2.24) is 4.90 Å². The fraction of sp³-hybridized carbons (Fsp3) is 0.500. The third kappa shape index (κ3) is 3.67. The quantitative estimate of drug-likeness (QED) is 0.839. The van der Waals surface area contributed by atoms with Gasteiger partial charge in [0.2, 0.25) is 0 Å². The smallest absolute Gasteiger partial charge is 0.335 e. The molecule has 2 rings (SSSR count). The van der Waals surface area contributed by atoms with E-state index in [1.165, 1.54) is 25.3 Å². The van der Waals surface area contributed by atoms with Crippen LogP contribution in [0.15, 0.2) is 18.2 Å². The number of likely N-dealkylation sites (tertiary alicyclic amines) is 1. The number of hydrogen-bond acceptors (Lipinski definition) is 3. The topological polar surface area (TPSA) is 57.6 Å². The van der Waals surface area contributed by atoms with Gasteiger partial charge in [0, 0.05) is 18.5 Å². The number of piperidine rings is 1. The van der Waals surface area contributed by atoms with E-state index in [1.54, 1.807) is 12.1 Å². The first-order valence-electron chi connectivity index (χ1n) is 7.17. The number of carboxylic acid groups (broad SMARTS) is 1. The summed E-state index contributed by atoms with van der Waals surface area (Å²) in [5, 5.41) is 9.00. The lowest BCUT2D eigenvalue weighted by Gasteiger charge is -2.26. The highest BCUT2D eigenvalue weighted by Crippen LogP contribution is 2.15. The van der Waals surface area contributed by atoms with Crippen LogP contribution in [0.1, 0.15) is 52.0 Å². The van der Waals surface area contributed by atoms with Crippen molar-refractivity contribution >= 4 is 11.8 Å². The van der Waals surface area contributed by atoms with Crippen molar-refractivity contribution in [2.75, 3.05) is 19.6 Å². The second-order valence-corrected chi connectivity index (χ2v) is 5.41. The maximum atomic E-state index is 12.3. The second-order valence-electron chi connectivity index (χ2n) is 5.41. The number of Topliss-reactive ketones (excluding diaryl/α,β-unsaturated/α-hetero) is 1. The molecule has 0 unspecified atom stereocenters. The van der Waals surface area contributed by atoms with E-state index in [0.29, 0.717) is 12.0 Å². The standard InChI is InChI=1S/C16H21NO3/c1-12-5-6-13(16(19)20)11-14(12)15(18)7-10-17-8-3-2-4-9-17/h5-6,11H,2-4,7-10H2,1H3,(H,19,20). The zero-order valence-corrected chi connectivity index (χ0v) is 11.9. The van der Waals surface area contributed by atoms with Crippen LogP contribution in [0.5, 0.6) is 0 Å². The molecule has 1 aliphatic heterocycles. The van der Waals surface area contributed by atoms with Crippen LogP contribution in [0.4, 0.5) is 0 Å². The number of rotatable bonds is 5. The summed E-state index contributed by atoms with van der Waals surface area (Å²) in [6, 6.07) is 4.74. The number of ketones is 1. The molecule has 0 saturated carbocycles. The molecule has 0 atom stereocenters. The highest BCUT2D eigenvalue weighted by atomic mass is 16.4. The third-order valence-electron chi connectivity index (χ3n) is 3.89. The van der Waals surface area contributed by atoms with Crippen LogP contribution >= 0.6 is 0 Å². The lowest BCUT2D eigenvalue weighted by Crippen LogP contribution is -2.31. The molecule has 0 radical (unpaired) electrons. The summed E-state index contributed by atoms with van der Waals surface area (Å²) in [5.41, 5.74) is 1.57. The van der Waals surface area contributed by atoms with E-state index in [1.807, 2.05) is 6.92 Å². The Hall–Kier alpha value is -1.68. The molecule has 1 aromatic carbocycles. The first-order chi connectivity index (χ1) is 9.58. The maximum Gasteiger partial charge on any atom is 0.335 e. The Balaban J connectivity index is 2.00. The molecule has 4 nitrogen and oxygen atoms in total. The first-order valence-corrected chi connectivity index (χ1v) is 7.17. The molecule has 4 heteroatoms. The van der Waals surface area contributed by atoms with E-state index in [9.17, 15) is 9.59 Å². The molecule has 0 spiro atoms. The van der Waals surface area contributed by atoms with Crippen LogP contribution in [-0.2, 0) is 0 Å². The van der Waals surface area contributed by atoms with Gasteiger partial charge in [0.05, 0.1) is 5.56 Å². The van der Waals surface area contributed by atoms with Gasteiger partial charge >= 0.3 is 5.97 Å². The van der Waals surface area contributed by atoms with Crippen LogP contribution in [0, 0.1) is 6.92 Å². The molecule has 0 amide bonds. The van der Waals surface area contributed by atoms with E-state index in [-0.39, 0.29) is 11.3 Å². The van der Waals surface area contributed by atoms with Crippen molar-refractivity contribution in [2.45, 2.75) is 32.6 Å². The van der Waals surface area contributed by atoms with Gasteiger partial charge in [-0.2, -0.15) is 0 Å². The van der Waals surface area contributed by atoms with Crippen LogP contribution in [0.25, 0.3) is 0 Å². The Morgan fingerprint density at radius 2 is 1.90 bits per heavy atom. The molecule has 20 heavy (non-hydrogen) atoms. The van der Waals surface area contributed by atoms with E-state index in [4.69, 9.17) is 5.11 Å². The zero-order valence-electron chi connectivity index (χ0n) is 11.9. The molecule has 1 saturated heterocycles. The summed E-state index contributed by atoms with van der Waals surface area (Å²) in [5.74, 6) is -0.953. The van der Waals surface area contributed by atoms with Gasteiger partial charge in [0.15, 0.2) is 5.78 Å². The van der Waals surface area contributed by atoms with Crippen LogP contribution < -0.4 is 0 Å². The van der Waals surface area contributed by atoms with Gasteiger partial charge in [0.25, 0.3) is 0 Å². The first kappa shape index (κ1) is 14.7. The number of aryl methyl sites for hydroxylation is 1. The fourth-order valence-corrected chi connectivity index (χ4v) is 2.63. The van der Waals surface area contributed by atoms with E-state index < -0.39 is 5.97 Å². The number of carboxylic acids is 1. The van der Waals surface area contributed by atoms with Gasteiger partial charge in [-0.25, -0.2) is 4.79 Å². The van der Waals surface area contributed by atoms with Gasteiger partial charge < -0.3 is 10.0 Å². The Morgan fingerprint density at radius 1 is 1.20 bits per heavy atom. The lowest BCUT2D eigenvalue weighted by molar-refractivity contribution is 0.0697. The van der Waals surface area contributed by atoms with Gasteiger partial charge in [-0.05, 0) is 50.6 Å². The average molecular weight is 275 g/mol. The molecular formula is C16H21NO3. The molecule has 1 heterocycles. The van der Waals surface area contributed by atoms with Crippen LogP contribution in [-0.4, -0.2) is 41.4 Å². The van der Waals surface area contributed by atoms with Gasteiger partial charge in [0.1, 0.15) is 0 Å². The Morgan fingerprint density at radius 3 is 2.55 bits per heavy atom. The second kappa shape index (κ2) is 6.66. The summed E-state index contributed by atoms with van der Waals surface area (Å²) >= 11 is 0. The Kier molecular flexibility index (Phi) is 4.90. The lowest BCUT2D eigenvalue weighted by atomic mass is 9.99. The van der Waals surface area contributed by atoms with E-state index >= 15 is 0 Å². The highest BCUT2D eigenvalue weighted by Gasteiger charge is 2.15. The summed E-state index contributed by atoms with van der Waals surface area (Å²) in [4.78, 5) is 25.6. The van der Waals surface area contributed by atoms with Gasteiger partial charge in [-0.15, -0.1) is 0 Å². The molecule has 1 N–H and O–H groups in total. The number of carbonyl (C=O) groups excluding carboxylic acids is 1. The van der Waals surface area contributed by atoms with Crippen molar-refractivity contribution in [3.05, 3.63) is 34.9 Å². The molecule has 1 aliphatic rings. The summed E-state index contributed by atoms with van der Waals surface area (Å²) < 4.78 is 0. The molecular weight excluding hydrogens is 254 g/mol. The highest BCUT2D eigenvalue weighted by molar-refractivity contribution is 6.00. The molecule has 1 aromatic rings. The number of nitrogens with zero attached hydrogens (tertiary/aromatic N) is 1. The summed E-state index contributed by atoms with van der Waals surface area (Å²) in [7, 11) is 0. The molecule has 0 bridgehead atoms. The summed E-state index contributed by atoms with van der Waals surface area (Å²) in [6.45, 7) is 4.76. The van der Waals surface area contributed by atoms with Crippen molar-refractivity contribution in [3.8, 4) is 0 Å². The molecule has 0 aliphatic carbocycles. The number of hydrogen-bond donors (Lipinski definition) is 1. The Bertz CT molecular complexity index is 504. The summed E-state index contributed by atoms with van der Waals surface area (Å²) in [6.07, 6.45) is 4.16. The molecule has 0 aromatic heterocycles. The van der Waals surface area contributed by atoms with Crippen molar-refractivity contribution in [2.24, 2.45) is 0 Å². The molecule has 1 fully saturated rings. The average Bonchev–Trinajstić information content (AvgIpc) is 2.46. The predicted octanol–water partition coefficient (Wildman–Crippen LogP) is 2.75. The van der Waals surface area contributed by atoms with Crippen molar-refractivity contribution < 1.29 is 14.7 Å². The maximum absolute atomic E-state index is 12.3. The fourth-order valence-electron chi connectivity index (χ4n) is 2.63. The minimum Gasteiger partial charge on any atom is -0.478 e. The van der Waals surface area contributed by atoms with Crippen LogP contribution in [0.2, 0.25) is 0 Å². The normalized spacial score (nSPS) is 16.1. The Labute approximate surface area is 119 Å². The number of carbonyl (C=O) groups is 2. The zero-order chi connectivity index (χ0) is 14.5. The van der Waals surface area contributed by atoms with Crippen molar-refractivity contribution in [3.63, 3.8) is 0 Å². The van der Waals surface area contributed by atoms with Gasteiger partial charge in [-0.1, -0.05) is 12.5 Å². The monoisotopic (exact) mass is 275 g/mol. The van der Waals surface area contributed by atoms with Crippen LogP contribution in [0.3, 0.4) is 0 Å². The third-order valence-corrected chi connectivity index (χ3v) is 3.89. The predicted molar refractivity (Wildman–Crippen MR) is 77.4 cm³/mol.